The Morgan fingerprint density at radius 1 is 0.782 bits per heavy atom. The number of H-pyrrole nitrogens is 1. The summed E-state index contributed by atoms with van der Waals surface area (Å²) >= 11 is 0. The van der Waals surface area contributed by atoms with Gasteiger partial charge in [-0.05, 0) is 127 Å². The number of nitrogens with one attached hydrogen (secondary N) is 1. The molecule has 0 radical (unpaired) electrons. The van der Waals surface area contributed by atoms with Crippen LogP contribution in [-0.2, 0) is 25.1 Å². The molecule has 0 saturated heterocycles. The molecule has 3 rings (SSSR count). The summed E-state index contributed by atoms with van der Waals surface area (Å²) in [4.78, 5) is 43.7. The van der Waals surface area contributed by atoms with Crippen LogP contribution in [0.1, 0.15) is 118 Å². The lowest BCUT2D eigenvalue weighted by Gasteiger charge is -2.41. The number of hydrogen-bond acceptors (Lipinski definition) is 9. The SMILES string of the molecule is CC(C)(C)OC(=O)Oc1ccc([C@H](CN(CCCCCCOCCCCc2ccc(N)cc2)C(=O)OC(C)(C)C)O[Si](C)(C)C(C)(C)C)c2ccc(=O)[nH]c12. The molecule has 12 heteroatoms. The van der Waals surface area contributed by atoms with Crippen LogP contribution in [0.2, 0.25) is 18.1 Å². The second-order valence-electron chi connectivity index (χ2n) is 17.8. The average Bonchev–Trinajstić information content (AvgIpc) is 3.05. The largest absolute Gasteiger partial charge is 0.514 e. The zero-order valence-electron chi connectivity index (χ0n) is 35.3. The molecule has 0 spiro atoms. The molecule has 3 aromatic rings. The van der Waals surface area contributed by atoms with Crippen molar-refractivity contribution in [2.45, 2.75) is 143 Å². The Hall–Kier alpha value is -3.87. The number of carbonyl (C=O) groups excluding carboxylic acids is 2. The number of fused-ring (bicyclic) bond motifs is 1. The fourth-order valence-electron chi connectivity index (χ4n) is 5.67. The topological polar surface area (TPSA) is 142 Å². The van der Waals surface area contributed by atoms with E-state index in [1.165, 1.54) is 11.6 Å². The van der Waals surface area contributed by atoms with E-state index in [1.807, 2.05) is 39.0 Å². The number of nitrogens with zero attached hydrogens (tertiary/aromatic N) is 1. The maximum Gasteiger partial charge on any atom is 0.514 e. The second kappa shape index (κ2) is 19.8. The number of unbranched alkanes of at least 4 members (excludes halogenated alkanes) is 4. The van der Waals surface area contributed by atoms with Crippen LogP contribution < -0.4 is 16.0 Å². The number of rotatable bonds is 18. The Bertz CT molecular complexity index is 1740. The van der Waals surface area contributed by atoms with Crippen molar-refractivity contribution in [2.75, 3.05) is 32.0 Å². The van der Waals surface area contributed by atoms with Crippen LogP contribution in [0.25, 0.3) is 10.9 Å². The van der Waals surface area contributed by atoms with Gasteiger partial charge in [-0.15, -0.1) is 0 Å². The first-order valence-corrected chi connectivity index (χ1v) is 22.6. The van der Waals surface area contributed by atoms with Gasteiger partial charge in [-0.25, -0.2) is 9.59 Å². The summed E-state index contributed by atoms with van der Waals surface area (Å²) in [5.41, 5.74) is 7.15. The molecule has 306 valence electrons. The smallest absolute Gasteiger partial charge is 0.444 e. The van der Waals surface area contributed by atoms with Crippen molar-refractivity contribution >= 4 is 37.2 Å². The third-order valence-electron chi connectivity index (χ3n) is 9.55. The number of hydrogen-bond donors (Lipinski definition) is 2. The highest BCUT2D eigenvalue weighted by molar-refractivity contribution is 6.74. The zero-order chi connectivity index (χ0) is 41.0. The fraction of sp³-hybridized carbons (Fsp3) is 0.605. The third kappa shape index (κ3) is 15.7. The molecule has 0 fully saturated rings. The maximum absolute atomic E-state index is 13.8. The van der Waals surface area contributed by atoms with Gasteiger partial charge in [0.15, 0.2) is 14.1 Å². The van der Waals surface area contributed by atoms with Crippen molar-refractivity contribution in [3.63, 3.8) is 0 Å². The molecule has 1 atom stereocenters. The van der Waals surface area contributed by atoms with Gasteiger partial charge in [0.2, 0.25) is 5.56 Å². The Labute approximate surface area is 329 Å². The lowest BCUT2D eigenvalue weighted by atomic mass is 10.0. The minimum Gasteiger partial charge on any atom is -0.444 e. The number of anilines is 1. The van der Waals surface area contributed by atoms with E-state index in [1.54, 1.807) is 37.8 Å². The molecule has 0 aliphatic rings. The molecule has 2 aromatic carbocycles. The van der Waals surface area contributed by atoms with Crippen LogP contribution >= 0.6 is 0 Å². The lowest BCUT2D eigenvalue weighted by Crippen LogP contribution is -2.46. The summed E-state index contributed by atoms with van der Waals surface area (Å²) in [6.07, 6.45) is 4.86. The second-order valence-corrected chi connectivity index (χ2v) is 22.6. The minimum absolute atomic E-state index is 0.134. The number of pyridine rings is 1. The number of nitrogen functional groups attached to an aromatic ring is 1. The van der Waals surface area contributed by atoms with Crippen molar-refractivity contribution < 1.29 is 33.0 Å². The third-order valence-corrected chi connectivity index (χ3v) is 14.0. The molecule has 1 aromatic heterocycles. The molecule has 1 heterocycles. The number of benzene rings is 2. The molecule has 0 bridgehead atoms. The van der Waals surface area contributed by atoms with E-state index in [9.17, 15) is 14.4 Å². The first-order chi connectivity index (χ1) is 25.5. The van der Waals surface area contributed by atoms with Crippen molar-refractivity contribution in [2.24, 2.45) is 0 Å². The number of aromatic amines is 1. The number of aromatic nitrogens is 1. The summed E-state index contributed by atoms with van der Waals surface area (Å²) < 4.78 is 29.9. The van der Waals surface area contributed by atoms with Crippen molar-refractivity contribution in [1.82, 2.24) is 9.88 Å². The molecule has 3 N–H and O–H groups in total. The average molecular weight is 782 g/mol. The van der Waals surface area contributed by atoms with Gasteiger partial charge in [0.25, 0.3) is 0 Å². The highest BCUT2D eigenvalue weighted by Gasteiger charge is 2.41. The van der Waals surface area contributed by atoms with Crippen LogP contribution in [0, 0.1) is 0 Å². The highest BCUT2D eigenvalue weighted by atomic mass is 28.4. The normalized spacial score (nSPS) is 13.1. The zero-order valence-corrected chi connectivity index (χ0v) is 36.3. The Kier molecular flexibility index (Phi) is 16.4. The molecular formula is C43H67N3O8Si. The summed E-state index contributed by atoms with van der Waals surface area (Å²) in [5.74, 6) is 0.155. The molecule has 0 unspecified atom stereocenters. The van der Waals surface area contributed by atoms with E-state index in [2.05, 4.69) is 51.0 Å². The van der Waals surface area contributed by atoms with E-state index in [0.29, 0.717) is 24.1 Å². The Morgan fingerprint density at radius 3 is 2.02 bits per heavy atom. The number of ether oxygens (including phenoxy) is 4. The molecule has 11 nitrogen and oxygen atoms in total. The Morgan fingerprint density at radius 2 is 1.40 bits per heavy atom. The van der Waals surface area contributed by atoms with Gasteiger partial charge in [-0.3, -0.25) is 4.79 Å². The maximum atomic E-state index is 13.8. The van der Waals surface area contributed by atoms with Crippen molar-refractivity contribution in [1.29, 1.82) is 0 Å². The van der Waals surface area contributed by atoms with Gasteiger partial charge >= 0.3 is 12.2 Å². The quantitative estimate of drug-likeness (QED) is 0.0424. The van der Waals surface area contributed by atoms with Crippen LogP contribution in [0.5, 0.6) is 5.75 Å². The standard InChI is InChI=1S/C43H67N3O8Si/c1-41(2,3)52-39(48)46(27-15-12-13-16-28-50-29-17-14-18-31-19-21-32(44)22-20-31)30-36(54-55(10,11)43(7,8)9)33-23-25-35(51-40(49)53-42(4,5)6)38-34(33)24-26-37(47)45-38/h19-26,36H,12-18,27-30,44H2,1-11H3,(H,45,47)/t36-/m0/s1. The summed E-state index contributed by atoms with van der Waals surface area (Å²) in [5, 5.41) is 0.504. The number of carbonyl (C=O) groups is 2. The van der Waals surface area contributed by atoms with Gasteiger partial charge < -0.3 is 39.0 Å². The van der Waals surface area contributed by atoms with Gasteiger partial charge in [-0.1, -0.05) is 51.8 Å². The van der Waals surface area contributed by atoms with Crippen LogP contribution in [0.3, 0.4) is 0 Å². The van der Waals surface area contributed by atoms with Gasteiger partial charge in [-0.2, -0.15) is 0 Å². The van der Waals surface area contributed by atoms with Gasteiger partial charge in [0.1, 0.15) is 11.2 Å². The molecule has 0 saturated carbocycles. The van der Waals surface area contributed by atoms with Crippen LogP contribution in [-0.4, -0.2) is 68.0 Å². The molecule has 55 heavy (non-hydrogen) atoms. The van der Waals surface area contributed by atoms with E-state index >= 15 is 0 Å². The van der Waals surface area contributed by atoms with Gasteiger partial charge in [0, 0.05) is 36.9 Å². The number of nitrogens with two attached hydrogens (primary N) is 1. The van der Waals surface area contributed by atoms with Crippen molar-refractivity contribution in [3.05, 3.63) is 70.0 Å². The molecule has 1 amide bonds. The highest BCUT2D eigenvalue weighted by Crippen LogP contribution is 2.42. The molecule has 0 aliphatic heterocycles. The summed E-state index contributed by atoms with van der Waals surface area (Å²) in [6.45, 7) is 23.8. The van der Waals surface area contributed by atoms with Crippen LogP contribution in [0.15, 0.2) is 53.3 Å². The van der Waals surface area contributed by atoms with E-state index in [-0.39, 0.29) is 22.9 Å². The monoisotopic (exact) mass is 781 g/mol. The minimum atomic E-state index is -2.42. The summed E-state index contributed by atoms with van der Waals surface area (Å²) in [6, 6.07) is 14.7. The predicted octanol–water partition coefficient (Wildman–Crippen LogP) is 10.3. The lowest BCUT2D eigenvalue weighted by molar-refractivity contribution is 0.0150. The van der Waals surface area contributed by atoms with Gasteiger partial charge in [0.05, 0.1) is 18.2 Å². The first-order valence-electron chi connectivity index (χ1n) is 19.7. The van der Waals surface area contributed by atoms with Crippen LogP contribution in [0.4, 0.5) is 15.3 Å². The fourth-order valence-corrected chi connectivity index (χ4v) is 6.94. The number of aryl methyl sites for hydroxylation is 1. The van der Waals surface area contributed by atoms with E-state index < -0.39 is 37.9 Å². The van der Waals surface area contributed by atoms with E-state index in [4.69, 9.17) is 29.1 Å². The molecule has 0 aliphatic carbocycles. The number of amides is 1. The summed E-state index contributed by atoms with van der Waals surface area (Å²) in [7, 11) is -2.42. The molecular weight excluding hydrogens is 715 g/mol. The van der Waals surface area contributed by atoms with E-state index in [0.717, 1.165) is 62.8 Å². The first kappa shape index (κ1) is 45.5. The van der Waals surface area contributed by atoms with Crippen molar-refractivity contribution in [3.8, 4) is 5.75 Å². The Balaban J connectivity index is 1.76. The predicted molar refractivity (Wildman–Crippen MR) is 223 cm³/mol.